The van der Waals surface area contributed by atoms with Gasteiger partial charge in [-0.15, -0.1) is 0 Å². The highest BCUT2D eigenvalue weighted by Gasteiger charge is 2.20. The van der Waals surface area contributed by atoms with Gasteiger partial charge in [0.15, 0.2) is 0 Å². The van der Waals surface area contributed by atoms with E-state index in [-0.39, 0.29) is 11.6 Å². The lowest BCUT2D eigenvalue weighted by Crippen LogP contribution is -1.95. The number of rotatable bonds is 11. The molecule has 9 aromatic carbocycles. The average molecular weight is 954 g/mol. The normalized spacial score (nSPS) is 11.1. The van der Waals surface area contributed by atoms with E-state index in [1.54, 1.807) is 12.1 Å². The van der Waals surface area contributed by atoms with Crippen molar-refractivity contribution in [2.24, 2.45) is 0 Å². The van der Waals surface area contributed by atoms with Crippen molar-refractivity contribution in [1.29, 1.82) is 0 Å². The molecule has 0 fully saturated rings. The highest BCUT2D eigenvalue weighted by atomic mass is 19.1. The number of halogens is 2. The fourth-order valence-electron chi connectivity index (χ4n) is 9.89. The summed E-state index contributed by atoms with van der Waals surface area (Å²) in [6, 6.07) is 84.2. The third-order valence-corrected chi connectivity index (χ3v) is 13.6. The van der Waals surface area contributed by atoms with Crippen LogP contribution in [0.2, 0.25) is 0 Å². The minimum Gasteiger partial charge on any atom is -0.256 e. The van der Waals surface area contributed by atoms with E-state index < -0.39 is 0 Å². The van der Waals surface area contributed by atoms with E-state index in [1.165, 1.54) is 12.1 Å². The van der Waals surface area contributed by atoms with Crippen LogP contribution >= 0.6 is 0 Å². The number of hydrogen-bond acceptors (Lipinski definition) is 3. The first kappa shape index (κ1) is 45.4. The predicted molar refractivity (Wildman–Crippen MR) is 300 cm³/mol. The van der Waals surface area contributed by atoms with E-state index in [0.717, 1.165) is 112 Å². The van der Waals surface area contributed by atoms with Gasteiger partial charge in [0.05, 0.1) is 17.1 Å². The van der Waals surface area contributed by atoms with Gasteiger partial charge < -0.3 is 0 Å². The number of aromatic nitrogens is 3. The van der Waals surface area contributed by atoms with E-state index in [1.807, 2.05) is 140 Å². The van der Waals surface area contributed by atoms with Gasteiger partial charge in [0, 0.05) is 52.0 Å². The molecular formula is C69H45F2N3. The third kappa shape index (κ3) is 9.34. The Hall–Kier alpha value is -9.71. The predicted octanol–water partition coefficient (Wildman–Crippen LogP) is 18.5. The average Bonchev–Trinajstić information content (AvgIpc) is 3.48. The Labute approximate surface area is 429 Å². The van der Waals surface area contributed by atoms with Crippen molar-refractivity contribution in [3.8, 4) is 123 Å². The summed E-state index contributed by atoms with van der Waals surface area (Å²) >= 11 is 0. The van der Waals surface area contributed by atoms with Crippen molar-refractivity contribution in [3.05, 3.63) is 285 Å². The molecule has 0 saturated carbocycles. The summed E-state index contributed by atoms with van der Waals surface area (Å²) < 4.78 is 31.2. The highest BCUT2D eigenvalue weighted by molar-refractivity contribution is 5.97. The van der Waals surface area contributed by atoms with E-state index in [4.69, 9.17) is 15.0 Å². The molecule has 0 aliphatic carbocycles. The summed E-state index contributed by atoms with van der Waals surface area (Å²) in [5.74, 6) is -0.721. The number of benzene rings is 9. The molecule has 5 heteroatoms. The zero-order valence-corrected chi connectivity index (χ0v) is 40.1. The molecular weight excluding hydrogens is 909 g/mol. The Kier molecular flexibility index (Phi) is 12.4. The fraction of sp³-hybridized carbons (Fsp3) is 0. The maximum absolute atomic E-state index is 15.6. The third-order valence-electron chi connectivity index (χ3n) is 13.6. The van der Waals surface area contributed by atoms with Crippen molar-refractivity contribution in [3.63, 3.8) is 0 Å². The van der Waals surface area contributed by atoms with Crippen LogP contribution in [0.5, 0.6) is 0 Å². The molecule has 0 unspecified atom stereocenters. The van der Waals surface area contributed by atoms with Crippen LogP contribution in [0, 0.1) is 11.6 Å². The lowest BCUT2D eigenvalue weighted by molar-refractivity contribution is 0.628. The Balaban J connectivity index is 1.05. The molecule has 12 aromatic rings. The number of pyridine rings is 3. The summed E-state index contributed by atoms with van der Waals surface area (Å²) in [5, 5.41) is 0. The Morgan fingerprint density at radius 2 is 0.541 bits per heavy atom. The van der Waals surface area contributed by atoms with Gasteiger partial charge in [-0.25, -0.2) is 8.78 Å². The first-order valence-electron chi connectivity index (χ1n) is 24.6. The second-order valence-corrected chi connectivity index (χ2v) is 18.2. The molecule has 3 aromatic heterocycles. The molecule has 0 spiro atoms. The second-order valence-electron chi connectivity index (χ2n) is 18.2. The van der Waals surface area contributed by atoms with Gasteiger partial charge >= 0.3 is 0 Å². The summed E-state index contributed by atoms with van der Waals surface area (Å²) in [6.07, 6.45) is 5.61. The van der Waals surface area contributed by atoms with E-state index in [9.17, 15) is 0 Å². The smallest absolute Gasteiger partial charge is 0.123 e. The van der Waals surface area contributed by atoms with Crippen LogP contribution in [-0.4, -0.2) is 15.0 Å². The molecule has 74 heavy (non-hydrogen) atoms. The van der Waals surface area contributed by atoms with Crippen LogP contribution in [0.1, 0.15) is 0 Å². The molecule has 0 N–H and O–H groups in total. The van der Waals surface area contributed by atoms with Gasteiger partial charge in [0.1, 0.15) is 11.6 Å². The second kappa shape index (κ2) is 20.2. The molecule has 0 saturated heterocycles. The minimum atomic E-state index is -0.360. The molecule has 12 rings (SSSR count). The van der Waals surface area contributed by atoms with Gasteiger partial charge in [-0.1, -0.05) is 194 Å². The van der Waals surface area contributed by atoms with Crippen LogP contribution in [-0.2, 0) is 0 Å². The topological polar surface area (TPSA) is 38.7 Å². The van der Waals surface area contributed by atoms with Crippen molar-refractivity contribution in [1.82, 2.24) is 15.0 Å². The SMILES string of the molecule is Fc1ccc(-c2cc(-c3ccc(F)cc3-c3ccc(-c4ccccc4)nc3)cc(-c3ccccc3-c3cnc(-c4ccccc4)cc3-c3ccc(-c4ccccc4)cc3)c2)c(-c2ccc(-c3ccccc3)nc2)c1. The molecule has 3 heterocycles. The zero-order valence-electron chi connectivity index (χ0n) is 40.1. The van der Waals surface area contributed by atoms with Crippen molar-refractivity contribution >= 4 is 0 Å². The minimum absolute atomic E-state index is 0.360. The maximum atomic E-state index is 15.6. The van der Waals surface area contributed by atoms with E-state index in [2.05, 4.69) is 109 Å². The summed E-state index contributed by atoms with van der Waals surface area (Å²) in [6.45, 7) is 0. The van der Waals surface area contributed by atoms with E-state index >= 15 is 8.78 Å². The van der Waals surface area contributed by atoms with Gasteiger partial charge in [-0.2, -0.15) is 0 Å². The molecule has 350 valence electrons. The quantitative estimate of drug-likeness (QED) is 0.130. The van der Waals surface area contributed by atoms with Crippen molar-refractivity contribution < 1.29 is 8.78 Å². The molecule has 0 aliphatic rings. The van der Waals surface area contributed by atoms with Crippen LogP contribution in [0.25, 0.3) is 123 Å². The van der Waals surface area contributed by atoms with E-state index in [0.29, 0.717) is 11.1 Å². The van der Waals surface area contributed by atoms with Gasteiger partial charge in [0.25, 0.3) is 0 Å². The van der Waals surface area contributed by atoms with Gasteiger partial charge in [-0.3, -0.25) is 15.0 Å². The summed E-state index contributed by atoms with van der Waals surface area (Å²) in [7, 11) is 0. The van der Waals surface area contributed by atoms with Crippen LogP contribution in [0.4, 0.5) is 8.78 Å². The molecule has 0 atom stereocenters. The van der Waals surface area contributed by atoms with Crippen LogP contribution in [0.3, 0.4) is 0 Å². The van der Waals surface area contributed by atoms with Gasteiger partial charge in [0.2, 0.25) is 0 Å². The number of hydrogen-bond donors (Lipinski definition) is 0. The molecule has 0 bridgehead atoms. The Morgan fingerprint density at radius 3 is 1.00 bits per heavy atom. The Morgan fingerprint density at radius 1 is 0.189 bits per heavy atom. The summed E-state index contributed by atoms with van der Waals surface area (Å²) in [4.78, 5) is 14.8. The van der Waals surface area contributed by atoms with Gasteiger partial charge in [-0.05, 0) is 133 Å². The van der Waals surface area contributed by atoms with Crippen LogP contribution < -0.4 is 0 Å². The molecule has 0 amide bonds. The first-order chi connectivity index (χ1) is 36.5. The molecule has 3 nitrogen and oxygen atoms in total. The largest absolute Gasteiger partial charge is 0.256 e. The lowest BCUT2D eigenvalue weighted by atomic mass is 9.85. The van der Waals surface area contributed by atoms with Crippen molar-refractivity contribution in [2.45, 2.75) is 0 Å². The monoisotopic (exact) mass is 953 g/mol. The Bertz CT molecular complexity index is 3770. The summed E-state index contributed by atoms with van der Waals surface area (Å²) in [5.41, 5.74) is 19.9. The molecule has 0 aliphatic heterocycles. The first-order valence-corrected chi connectivity index (χ1v) is 24.6. The van der Waals surface area contributed by atoms with Crippen LogP contribution in [0.15, 0.2) is 273 Å². The standard InChI is InChI=1S/C69H45F2N3/c70-57-31-33-60(63(40-57)52-29-35-67(72-43-52)49-17-7-2-8-18-49)55-37-54(38-56(39-55)61-34-32-58(71)41-64(61)53-30-36-68(73-44-53)50-19-9-3-10-20-50)59-23-13-14-24-62(59)66-45-74-69(51-21-11-4-12-22-51)42-65(66)48-27-25-47(26-28-48)46-15-5-1-6-16-46/h1-45H. The van der Waals surface area contributed by atoms with Crippen molar-refractivity contribution in [2.75, 3.05) is 0 Å². The fourth-order valence-corrected chi connectivity index (χ4v) is 9.89. The lowest BCUT2D eigenvalue weighted by Gasteiger charge is -2.19. The molecule has 0 radical (unpaired) electrons. The highest BCUT2D eigenvalue weighted by Crippen LogP contribution is 2.45. The zero-order chi connectivity index (χ0) is 49.8. The maximum Gasteiger partial charge on any atom is 0.123 e. The number of nitrogens with zero attached hydrogens (tertiary/aromatic N) is 3.